The Labute approximate surface area is 150 Å². The van der Waals surface area contributed by atoms with E-state index in [9.17, 15) is 4.79 Å². The Balaban J connectivity index is 1.81. The van der Waals surface area contributed by atoms with Crippen LogP contribution in [0.15, 0.2) is 58.4 Å². The Bertz CT molecular complexity index is 828. The Morgan fingerprint density at radius 1 is 1.12 bits per heavy atom. The number of nitrogens with zero attached hydrogens (tertiary/aromatic N) is 2. The number of amides is 1. The van der Waals surface area contributed by atoms with Crippen LogP contribution in [0.5, 0.6) is 0 Å². The zero-order valence-electron chi connectivity index (χ0n) is 13.3. The lowest BCUT2D eigenvalue weighted by Gasteiger charge is -2.11. The van der Waals surface area contributed by atoms with Gasteiger partial charge in [0, 0.05) is 19.8 Å². The number of benzene rings is 2. The molecule has 6 heteroatoms. The summed E-state index contributed by atoms with van der Waals surface area (Å²) in [6.45, 7) is 0. The van der Waals surface area contributed by atoms with E-state index < -0.39 is 0 Å². The van der Waals surface area contributed by atoms with Crippen molar-refractivity contribution in [3.8, 4) is 0 Å². The first-order chi connectivity index (χ1) is 11.5. The molecule has 122 valence electrons. The van der Waals surface area contributed by atoms with E-state index in [0.717, 1.165) is 11.3 Å². The van der Waals surface area contributed by atoms with Crippen LogP contribution >= 0.6 is 23.4 Å². The molecule has 24 heavy (non-hydrogen) atoms. The minimum atomic E-state index is -0.150. The summed E-state index contributed by atoms with van der Waals surface area (Å²) in [7, 11) is 3.98. The molecule has 2 aromatic carbocycles. The maximum absolute atomic E-state index is 12.1. The molecule has 0 atom stereocenters. The van der Waals surface area contributed by atoms with E-state index in [-0.39, 0.29) is 5.91 Å². The predicted molar refractivity (Wildman–Crippen MR) is 103 cm³/mol. The number of aliphatic imine (C=N–C) groups is 1. The molecular formula is C18H16ClN3OS. The van der Waals surface area contributed by atoms with E-state index in [2.05, 4.69) is 10.3 Å². The van der Waals surface area contributed by atoms with Crippen molar-refractivity contribution in [3.63, 3.8) is 0 Å². The predicted octanol–water partition coefficient (Wildman–Crippen LogP) is 4.30. The van der Waals surface area contributed by atoms with E-state index in [1.54, 1.807) is 6.07 Å². The number of anilines is 1. The number of carbonyl (C=O) groups is 1. The number of hydrogen-bond donors (Lipinski definition) is 1. The van der Waals surface area contributed by atoms with Crippen LogP contribution in [0.25, 0.3) is 6.08 Å². The third-order valence-corrected chi connectivity index (χ3v) is 4.66. The van der Waals surface area contributed by atoms with Gasteiger partial charge in [-0.25, -0.2) is 4.99 Å². The lowest BCUT2D eigenvalue weighted by atomic mass is 10.2. The van der Waals surface area contributed by atoms with Gasteiger partial charge >= 0.3 is 0 Å². The number of carbonyl (C=O) groups excluding carboxylic acids is 1. The van der Waals surface area contributed by atoms with E-state index in [1.807, 2.05) is 67.5 Å². The second kappa shape index (κ2) is 7.11. The van der Waals surface area contributed by atoms with Crippen LogP contribution in [0, 0.1) is 0 Å². The second-order valence-corrected chi connectivity index (χ2v) is 6.86. The van der Waals surface area contributed by atoms with Crippen molar-refractivity contribution >= 4 is 51.9 Å². The number of amidine groups is 1. The van der Waals surface area contributed by atoms with Crippen molar-refractivity contribution in [2.24, 2.45) is 4.99 Å². The fourth-order valence-corrected chi connectivity index (χ4v) is 3.17. The summed E-state index contributed by atoms with van der Waals surface area (Å²) in [6.07, 6.45) is 1.86. The topological polar surface area (TPSA) is 44.7 Å². The molecule has 1 saturated heterocycles. The maximum Gasteiger partial charge on any atom is 0.264 e. The molecule has 3 rings (SSSR count). The summed E-state index contributed by atoms with van der Waals surface area (Å²) in [4.78, 5) is 19.2. The van der Waals surface area contributed by atoms with Gasteiger partial charge in [-0.15, -0.1) is 0 Å². The third-order valence-electron chi connectivity index (χ3n) is 3.43. The fourth-order valence-electron chi connectivity index (χ4n) is 2.15. The number of halogens is 1. The Morgan fingerprint density at radius 2 is 1.83 bits per heavy atom. The van der Waals surface area contributed by atoms with Gasteiger partial charge in [0.1, 0.15) is 0 Å². The number of rotatable bonds is 3. The average molecular weight is 358 g/mol. The largest absolute Gasteiger partial charge is 0.378 e. The van der Waals surface area contributed by atoms with Gasteiger partial charge < -0.3 is 10.2 Å². The van der Waals surface area contributed by atoms with Crippen molar-refractivity contribution in [1.82, 2.24) is 5.32 Å². The zero-order chi connectivity index (χ0) is 17.1. The molecule has 1 heterocycles. The Kier molecular flexibility index (Phi) is 4.92. The summed E-state index contributed by atoms with van der Waals surface area (Å²) < 4.78 is 0. The number of para-hydroxylation sites is 1. The monoisotopic (exact) mass is 357 g/mol. The van der Waals surface area contributed by atoms with Crippen molar-refractivity contribution in [2.75, 3.05) is 19.0 Å². The molecule has 0 saturated carbocycles. The second-order valence-electron chi connectivity index (χ2n) is 5.42. The first-order valence-electron chi connectivity index (χ1n) is 7.34. The molecule has 0 aliphatic carbocycles. The average Bonchev–Trinajstić information content (AvgIpc) is 2.90. The molecule has 4 nitrogen and oxygen atoms in total. The highest BCUT2D eigenvalue weighted by atomic mass is 35.5. The quantitative estimate of drug-likeness (QED) is 0.833. The third kappa shape index (κ3) is 3.80. The van der Waals surface area contributed by atoms with Gasteiger partial charge in [-0.2, -0.15) is 0 Å². The molecule has 2 aromatic rings. The molecule has 0 radical (unpaired) electrons. The molecule has 1 aliphatic heterocycles. The highest BCUT2D eigenvalue weighted by molar-refractivity contribution is 8.18. The fraction of sp³-hybridized carbons (Fsp3) is 0.111. The number of nitrogens with one attached hydrogen (secondary N) is 1. The number of thioether (sulfide) groups is 1. The molecular weight excluding hydrogens is 342 g/mol. The van der Waals surface area contributed by atoms with Gasteiger partial charge in [-0.1, -0.05) is 35.9 Å². The van der Waals surface area contributed by atoms with Gasteiger partial charge in [-0.05, 0) is 47.7 Å². The lowest BCUT2D eigenvalue weighted by Crippen LogP contribution is -2.19. The van der Waals surface area contributed by atoms with Crippen molar-refractivity contribution < 1.29 is 4.79 Å². The van der Waals surface area contributed by atoms with Gasteiger partial charge in [0.2, 0.25) is 0 Å². The van der Waals surface area contributed by atoms with Gasteiger partial charge in [0.25, 0.3) is 5.91 Å². The van der Waals surface area contributed by atoms with E-state index in [0.29, 0.717) is 20.8 Å². The van der Waals surface area contributed by atoms with Gasteiger partial charge in [0.05, 0.1) is 15.6 Å². The van der Waals surface area contributed by atoms with Crippen LogP contribution in [0.4, 0.5) is 11.4 Å². The zero-order valence-corrected chi connectivity index (χ0v) is 14.9. The minimum absolute atomic E-state index is 0.150. The smallest absolute Gasteiger partial charge is 0.264 e. The summed E-state index contributed by atoms with van der Waals surface area (Å²) in [5.41, 5.74) is 2.72. The van der Waals surface area contributed by atoms with Crippen LogP contribution in [-0.2, 0) is 4.79 Å². The van der Waals surface area contributed by atoms with Crippen molar-refractivity contribution in [1.29, 1.82) is 0 Å². The van der Waals surface area contributed by atoms with Crippen molar-refractivity contribution in [3.05, 3.63) is 64.0 Å². The van der Waals surface area contributed by atoms with Crippen LogP contribution < -0.4 is 10.2 Å². The van der Waals surface area contributed by atoms with Crippen LogP contribution in [0.1, 0.15) is 5.56 Å². The summed E-state index contributed by atoms with van der Waals surface area (Å²) in [5.74, 6) is -0.150. The van der Waals surface area contributed by atoms with E-state index in [4.69, 9.17) is 11.6 Å². The van der Waals surface area contributed by atoms with Gasteiger partial charge in [-0.3, -0.25) is 4.79 Å². The molecule has 0 unspecified atom stereocenters. The number of hydrogen-bond acceptors (Lipinski definition) is 4. The molecule has 1 aliphatic rings. The first kappa shape index (κ1) is 16.6. The normalized spacial score (nSPS) is 17.4. The highest BCUT2D eigenvalue weighted by Gasteiger charge is 2.23. The molecule has 1 fully saturated rings. The first-order valence-corrected chi connectivity index (χ1v) is 8.54. The SMILES string of the molecule is CN(C)c1ccc(/C=C2/SC(=Nc3ccccc3Cl)NC2=O)cc1. The Hall–Kier alpha value is -2.24. The molecule has 1 amide bonds. The molecule has 0 aromatic heterocycles. The highest BCUT2D eigenvalue weighted by Crippen LogP contribution is 2.30. The van der Waals surface area contributed by atoms with Crippen LogP contribution in [0.2, 0.25) is 5.02 Å². The standard InChI is InChI=1S/C18H16ClN3OS/c1-22(2)13-9-7-12(8-10-13)11-16-17(23)21-18(24-16)20-15-6-4-3-5-14(15)19/h3-11H,1-2H3,(H,20,21,23)/b16-11+. The van der Waals surface area contributed by atoms with Gasteiger partial charge in [0.15, 0.2) is 5.17 Å². The van der Waals surface area contributed by atoms with E-state index >= 15 is 0 Å². The molecule has 0 bridgehead atoms. The Morgan fingerprint density at radius 3 is 2.50 bits per heavy atom. The summed E-state index contributed by atoms with van der Waals surface area (Å²) in [5, 5.41) is 3.85. The van der Waals surface area contributed by atoms with E-state index in [1.165, 1.54) is 11.8 Å². The maximum atomic E-state index is 12.1. The molecule has 0 spiro atoms. The van der Waals surface area contributed by atoms with Crippen LogP contribution in [0.3, 0.4) is 0 Å². The van der Waals surface area contributed by atoms with Crippen molar-refractivity contribution in [2.45, 2.75) is 0 Å². The summed E-state index contributed by atoms with van der Waals surface area (Å²) in [6, 6.07) is 15.3. The molecule has 1 N–H and O–H groups in total. The lowest BCUT2D eigenvalue weighted by molar-refractivity contribution is -0.115. The minimum Gasteiger partial charge on any atom is -0.378 e. The summed E-state index contributed by atoms with van der Waals surface area (Å²) >= 11 is 7.41. The van der Waals surface area contributed by atoms with Crippen LogP contribution in [-0.4, -0.2) is 25.2 Å².